The van der Waals surface area contributed by atoms with E-state index in [1.807, 2.05) is 12.2 Å². The molecule has 3 heteroatoms. The van der Waals surface area contributed by atoms with Gasteiger partial charge in [0.25, 0.3) is 0 Å². The maximum Gasteiger partial charge on any atom is 0.174 e. The van der Waals surface area contributed by atoms with Crippen LogP contribution in [0.4, 0.5) is 0 Å². The van der Waals surface area contributed by atoms with Crippen LogP contribution < -0.4 is 0 Å². The summed E-state index contributed by atoms with van der Waals surface area (Å²) in [6.07, 6.45) is 9.25. The van der Waals surface area contributed by atoms with E-state index < -0.39 is 0 Å². The van der Waals surface area contributed by atoms with Gasteiger partial charge in [0.15, 0.2) is 5.84 Å². The third-order valence-electron chi connectivity index (χ3n) is 1.52. The first-order valence-corrected chi connectivity index (χ1v) is 4.25. The van der Waals surface area contributed by atoms with E-state index in [9.17, 15) is 0 Å². The van der Waals surface area contributed by atoms with Crippen molar-refractivity contribution in [1.29, 1.82) is 5.41 Å². The van der Waals surface area contributed by atoms with E-state index in [0.29, 0.717) is 5.92 Å². The van der Waals surface area contributed by atoms with Crippen LogP contribution in [-0.4, -0.2) is 5.84 Å². The molecule has 0 bridgehead atoms. The Morgan fingerprint density at radius 3 is 2.85 bits per heavy atom. The number of nitrogens with zero attached hydrogens (tertiary/aromatic N) is 2. The molecule has 1 aliphatic heterocycles. The number of hydrogen-bond acceptors (Lipinski definition) is 2. The van der Waals surface area contributed by atoms with Crippen LogP contribution in [-0.2, 0) is 0 Å². The number of amidine groups is 1. The summed E-state index contributed by atoms with van der Waals surface area (Å²) in [5, 5.41) is 14.7. The van der Waals surface area contributed by atoms with Crippen molar-refractivity contribution in [3.63, 3.8) is 0 Å². The molecule has 0 amide bonds. The first kappa shape index (κ1) is 9.58. The normalized spacial score (nSPS) is 19.6. The fourth-order valence-corrected chi connectivity index (χ4v) is 0.857. The maximum absolute atomic E-state index is 7.42. The van der Waals surface area contributed by atoms with E-state index in [1.54, 1.807) is 12.3 Å². The van der Waals surface area contributed by atoms with Gasteiger partial charge in [0, 0.05) is 5.57 Å². The van der Waals surface area contributed by atoms with Crippen molar-refractivity contribution < 1.29 is 0 Å². The second-order valence-corrected chi connectivity index (χ2v) is 3.13. The predicted octanol–water partition coefficient (Wildman–Crippen LogP) is 3.08. The largest absolute Gasteiger partial charge is 0.281 e. The lowest BCUT2D eigenvalue weighted by atomic mass is 10.1. The molecular weight excluding hydrogens is 162 g/mol. The Hall–Kier alpha value is -1.51. The quantitative estimate of drug-likeness (QED) is 0.670. The zero-order valence-electron chi connectivity index (χ0n) is 7.86. The summed E-state index contributed by atoms with van der Waals surface area (Å²) < 4.78 is 0. The Labute approximate surface area is 78.1 Å². The van der Waals surface area contributed by atoms with Crippen molar-refractivity contribution in [3.8, 4) is 0 Å². The van der Waals surface area contributed by atoms with Crippen molar-refractivity contribution in [2.24, 2.45) is 16.1 Å². The highest BCUT2D eigenvalue weighted by atomic mass is 15.1. The fraction of sp³-hybridized carbons (Fsp3) is 0.300. The minimum absolute atomic E-state index is 0.218. The standard InChI is InChI=1S/C10H13N3/c1-8(2)4-3-5-9-6-7-12-13-10(9)11/h3-8,11H,1-2H3/b4-3-,9-5-,11-10?. The number of azo groups is 1. The van der Waals surface area contributed by atoms with Crippen LogP contribution in [0.25, 0.3) is 0 Å². The van der Waals surface area contributed by atoms with Crippen LogP contribution in [0.2, 0.25) is 0 Å². The SMILES string of the molecule is CC(C)/C=C\C=C1\C=CN=NC1=N. The van der Waals surface area contributed by atoms with Gasteiger partial charge >= 0.3 is 0 Å². The van der Waals surface area contributed by atoms with Crippen LogP contribution in [0.1, 0.15) is 13.8 Å². The topological polar surface area (TPSA) is 48.6 Å². The Bertz CT molecular complexity index is 306. The van der Waals surface area contributed by atoms with Crippen molar-refractivity contribution in [3.05, 3.63) is 36.1 Å². The highest BCUT2D eigenvalue weighted by molar-refractivity contribution is 5.99. The van der Waals surface area contributed by atoms with Crippen LogP contribution in [0, 0.1) is 11.3 Å². The average Bonchev–Trinajstić information content (AvgIpc) is 2.08. The second kappa shape index (κ2) is 4.50. The van der Waals surface area contributed by atoms with Crippen molar-refractivity contribution in [2.75, 3.05) is 0 Å². The lowest BCUT2D eigenvalue weighted by molar-refractivity contribution is 0.832. The molecule has 0 unspecified atom stereocenters. The molecule has 0 aliphatic carbocycles. The van der Waals surface area contributed by atoms with Gasteiger partial charge in [-0.05, 0) is 12.0 Å². The van der Waals surface area contributed by atoms with Gasteiger partial charge in [0.2, 0.25) is 0 Å². The summed E-state index contributed by atoms with van der Waals surface area (Å²) in [6, 6.07) is 0. The average molecular weight is 175 g/mol. The summed E-state index contributed by atoms with van der Waals surface area (Å²) >= 11 is 0. The molecule has 0 aromatic carbocycles. The molecule has 1 rings (SSSR count). The van der Waals surface area contributed by atoms with Gasteiger partial charge in [-0.25, -0.2) is 0 Å². The van der Waals surface area contributed by atoms with Crippen LogP contribution in [0.15, 0.2) is 46.3 Å². The van der Waals surface area contributed by atoms with E-state index in [1.165, 1.54) is 0 Å². The van der Waals surface area contributed by atoms with Crippen LogP contribution in [0.3, 0.4) is 0 Å². The molecule has 1 N–H and O–H groups in total. The van der Waals surface area contributed by atoms with E-state index in [-0.39, 0.29) is 5.84 Å². The van der Waals surface area contributed by atoms with E-state index in [2.05, 4.69) is 30.2 Å². The summed E-state index contributed by atoms with van der Waals surface area (Å²) in [5.41, 5.74) is 0.798. The van der Waals surface area contributed by atoms with Gasteiger partial charge in [-0.3, -0.25) is 5.41 Å². The van der Waals surface area contributed by atoms with Crippen molar-refractivity contribution in [1.82, 2.24) is 0 Å². The molecule has 0 atom stereocenters. The highest BCUT2D eigenvalue weighted by Gasteiger charge is 2.01. The van der Waals surface area contributed by atoms with Crippen molar-refractivity contribution in [2.45, 2.75) is 13.8 Å². The lowest BCUT2D eigenvalue weighted by Crippen LogP contribution is -1.96. The van der Waals surface area contributed by atoms with E-state index in [4.69, 9.17) is 5.41 Å². The summed E-state index contributed by atoms with van der Waals surface area (Å²) in [5.74, 6) is 0.746. The molecule has 0 aromatic rings. The molecule has 13 heavy (non-hydrogen) atoms. The third kappa shape index (κ3) is 3.15. The van der Waals surface area contributed by atoms with Gasteiger partial charge in [-0.15, -0.1) is 5.11 Å². The zero-order valence-corrected chi connectivity index (χ0v) is 7.86. The van der Waals surface area contributed by atoms with Gasteiger partial charge in [0.05, 0.1) is 6.20 Å². The second-order valence-electron chi connectivity index (χ2n) is 3.13. The molecule has 1 aliphatic rings. The van der Waals surface area contributed by atoms with E-state index in [0.717, 1.165) is 5.57 Å². The number of allylic oxidation sites excluding steroid dienone is 3. The monoisotopic (exact) mass is 175 g/mol. The Balaban J connectivity index is 2.67. The smallest absolute Gasteiger partial charge is 0.174 e. The minimum Gasteiger partial charge on any atom is -0.281 e. The molecule has 0 fully saturated rings. The molecule has 0 aromatic heterocycles. The maximum atomic E-state index is 7.42. The summed E-state index contributed by atoms with van der Waals surface area (Å²) in [6.45, 7) is 4.22. The zero-order chi connectivity index (χ0) is 9.68. The molecule has 3 nitrogen and oxygen atoms in total. The van der Waals surface area contributed by atoms with Gasteiger partial charge in [-0.1, -0.05) is 32.1 Å². The fourth-order valence-electron chi connectivity index (χ4n) is 0.857. The summed E-state index contributed by atoms with van der Waals surface area (Å²) in [7, 11) is 0. The first-order valence-electron chi connectivity index (χ1n) is 4.25. The summed E-state index contributed by atoms with van der Waals surface area (Å²) in [4.78, 5) is 0. The molecular formula is C10H13N3. The molecule has 0 radical (unpaired) electrons. The number of nitrogens with one attached hydrogen (secondary N) is 1. The Kier molecular flexibility index (Phi) is 3.31. The van der Waals surface area contributed by atoms with Crippen LogP contribution >= 0.6 is 0 Å². The van der Waals surface area contributed by atoms with Gasteiger partial charge < -0.3 is 0 Å². The molecule has 0 saturated carbocycles. The molecule has 68 valence electrons. The highest BCUT2D eigenvalue weighted by Crippen LogP contribution is 2.07. The minimum atomic E-state index is 0.218. The molecule has 0 saturated heterocycles. The Morgan fingerprint density at radius 1 is 1.46 bits per heavy atom. The van der Waals surface area contributed by atoms with Gasteiger partial charge in [-0.2, -0.15) is 5.11 Å². The predicted molar refractivity (Wildman–Crippen MR) is 53.8 cm³/mol. The Morgan fingerprint density at radius 2 is 2.23 bits per heavy atom. The lowest BCUT2D eigenvalue weighted by Gasteiger charge is -1.99. The van der Waals surface area contributed by atoms with Crippen molar-refractivity contribution >= 4 is 5.84 Å². The van der Waals surface area contributed by atoms with Gasteiger partial charge in [0.1, 0.15) is 0 Å². The molecule has 1 heterocycles. The number of hydrogen-bond donors (Lipinski definition) is 1. The number of rotatable bonds is 2. The van der Waals surface area contributed by atoms with E-state index >= 15 is 0 Å². The van der Waals surface area contributed by atoms with Crippen LogP contribution in [0.5, 0.6) is 0 Å². The third-order valence-corrected chi connectivity index (χ3v) is 1.52. The first-order chi connectivity index (χ1) is 6.20. The molecule has 0 spiro atoms.